The topological polar surface area (TPSA) is 71.7 Å². The van der Waals surface area contributed by atoms with Crippen LogP contribution >= 0.6 is 0 Å². The van der Waals surface area contributed by atoms with Gasteiger partial charge in [0.1, 0.15) is 11.8 Å². The van der Waals surface area contributed by atoms with Gasteiger partial charge in [0.2, 0.25) is 11.9 Å². The largest absolute Gasteiger partial charge is 0.494 e. The van der Waals surface area contributed by atoms with Crippen molar-refractivity contribution >= 4 is 17.6 Å². The lowest BCUT2D eigenvalue weighted by Gasteiger charge is -2.27. The van der Waals surface area contributed by atoms with Crippen molar-refractivity contribution in [2.45, 2.75) is 58.2 Å². The molecule has 1 fully saturated rings. The van der Waals surface area contributed by atoms with E-state index in [1.165, 1.54) is 6.42 Å². The molecule has 2 aliphatic heterocycles. The molecule has 1 aromatic heterocycles. The minimum atomic E-state index is -0.126. The molecule has 7 heteroatoms. The molecule has 0 aliphatic carbocycles. The number of ether oxygens (including phenoxy) is 1. The summed E-state index contributed by atoms with van der Waals surface area (Å²) in [6.45, 7) is 4.47. The fraction of sp³-hybridized carbons (Fsp3) is 0.476. The summed E-state index contributed by atoms with van der Waals surface area (Å²) in [5.41, 5.74) is 2.02. The first-order valence-electron chi connectivity index (χ1n) is 10.1. The van der Waals surface area contributed by atoms with E-state index < -0.39 is 0 Å². The quantitative estimate of drug-likeness (QED) is 0.677. The number of amides is 1. The number of aryl methyl sites for hydroxylation is 1. The Kier molecular flexibility index (Phi) is 5.60. The Morgan fingerprint density at radius 2 is 2.14 bits per heavy atom. The maximum absolute atomic E-state index is 12.0. The van der Waals surface area contributed by atoms with E-state index in [4.69, 9.17) is 4.74 Å². The third-order valence-electron chi connectivity index (χ3n) is 5.33. The summed E-state index contributed by atoms with van der Waals surface area (Å²) in [5.74, 6) is 1.59. The molecular weight excluding hydrogens is 354 g/mol. The Morgan fingerprint density at radius 3 is 2.96 bits per heavy atom. The summed E-state index contributed by atoms with van der Waals surface area (Å²) in [5, 5.41) is 2.88. The van der Waals surface area contributed by atoms with Crippen molar-refractivity contribution in [1.29, 1.82) is 0 Å². The molecule has 1 amide bonds. The number of benzene rings is 1. The molecule has 2 aromatic rings. The Labute approximate surface area is 165 Å². The van der Waals surface area contributed by atoms with E-state index in [0.29, 0.717) is 12.5 Å². The van der Waals surface area contributed by atoms with Crippen LogP contribution < -0.4 is 10.1 Å². The third kappa shape index (κ3) is 4.03. The maximum atomic E-state index is 12.0. The number of rotatable bonds is 9. The number of hydrogen-bond donors (Lipinski definition) is 1. The molecule has 1 N–H and O–H groups in total. The predicted octanol–water partition coefficient (Wildman–Crippen LogP) is 3.23. The molecule has 28 heavy (non-hydrogen) atoms. The molecule has 7 nitrogen and oxygen atoms in total. The van der Waals surface area contributed by atoms with Gasteiger partial charge in [-0.3, -0.25) is 10.1 Å². The highest BCUT2D eigenvalue weighted by atomic mass is 16.5. The van der Waals surface area contributed by atoms with E-state index in [1.807, 2.05) is 37.8 Å². The van der Waals surface area contributed by atoms with Crippen LogP contribution in [0.4, 0.5) is 5.69 Å². The molecule has 1 saturated heterocycles. The van der Waals surface area contributed by atoms with E-state index in [0.717, 1.165) is 55.8 Å². The monoisotopic (exact) mass is 381 g/mol. The number of nitrogens with one attached hydrogen (secondary N) is 1. The molecule has 2 aliphatic rings. The van der Waals surface area contributed by atoms with Gasteiger partial charge in [-0.15, -0.1) is 0 Å². The average Bonchev–Trinajstić information content (AvgIpc) is 3.31. The number of carbonyl (C=O) groups excluding carboxylic acids is 1. The Balaban J connectivity index is 1.23. The zero-order valence-corrected chi connectivity index (χ0v) is 16.3. The summed E-state index contributed by atoms with van der Waals surface area (Å²) >= 11 is 0. The van der Waals surface area contributed by atoms with Crippen LogP contribution in [-0.4, -0.2) is 39.0 Å². The molecule has 3 heterocycles. The third-order valence-corrected chi connectivity index (χ3v) is 5.33. The highest BCUT2D eigenvalue weighted by molar-refractivity contribution is 6.07. The van der Waals surface area contributed by atoms with Crippen molar-refractivity contribution < 1.29 is 9.53 Å². The number of carbonyl (C=O) groups is 1. The Hall–Kier alpha value is -2.83. The Bertz CT molecular complexity index is 846. The maximum Gasteiger partial charge on any atom is 0.249 e. The zero-order chi connectivity index (χ0) is 19.3. The summed E-state index contributed by atoms with van der Waals surface area (Å²) in [6, 6.07) is 5.88. The second-order valence-corrected chi connectivity index (χ2v) is 7.33. The van der Waals surface area contributed by atoms with Gasteiger partial charge >= 0.3 is 0 Å². The number of hydrogen-bond acceptors (Lipinski definition) is 5. The van der Waals surface area contributed by atoms with Gasteiger partial charge in [-0.1, -0.05) is 19.8 Å². The summed E-state index contributed by atoms with van der Waals surface area (Å²) in [4.78, 5) is 22.7. The number of aromatic nitrogens is 2. The van der Waals surface area contributed by atoms with Gasteiger partial charge in [0.05, 0.1) is 18.6 Å². The van der Waals surface area contributed by atoms with Gasteiger partial charge in [-0.2, -0.15) is 0 Å². The summed E-state index contributed by atoms with van der Waals surface area (Å²) in [6.07, 6.45) is 11.0. The van der Waals surface area contributed by atoms with Crippen molar-refractivity contribution in [3.05, 3.63) is 42.5 Å². The standard InChI is InChI=1S/C21H27N5O2/c1-2-19-20(27)24-21-23-18-8-7-17(13-16(18)14-26(19)21)28-12-6-4-3-5-10-25-11-9-22-15-25/h7-9,11,13,15,19H,2-6,10,12,14H2,1H3,(H,23,24,27). The second-order valence-electron chi connectivity index (χ2n) is 7.33. The summed E-state index contributed by atoms with van der Waals surface area (Å²) in [7, 11) is 0. The number of imidazole rings is 1. The van der Waals surface area contributed by atoms with Gasteiger partial charge in [-0.05, 0) is 37.5 Å². The second kappa shape index (κ2) is 8.46. The summed E-state index contributed by atoms with van der Waals surface area (Å²) < 4.78 is 8.06. The lowest BCUT2D eigenvalue weighted by Crippen LogP contribution is -2.36. The van der Waals surface area contributed by atoms with Crippen LogP contribution in [0.15, 0.2) is 41.9 Å². The lowest BCUT2D eigenvalue weighted by molar-refractivity contribution is -0.121. The smallest absolute Gasteiger partial charge is 0.249 e. The molecule has 0 radical (unpaired) electrons. The van der Waals surface area contributed by atoms with Crippen LogP contribution in [0, 0.1) is 0 Å². The molecule has 0 spiro atoms. The van der Waals surface area contributed by atoms with Gasteiger partial charge in [0.25, 0.3) is 0 Å². The van der Waals surface area contributed by atoms with Crippen LogP contribution in [0.2, 0.25) is 0 Å². The average molecular weight is 381 g/mol. The first kappa shape index (κ1) is 18.5. The number of nitrogens with zero attached hydrogens (tertiary/aromatic N) is 4. The minimum Gasteiger partial charge on any atom is -0.494 e. The van der Waals surface area contributed by atoms with Gasteiger partial charge in [0, 0.05) is 31.0 Å². The molecular formula is C21H27N5O2. The number of guanidine groups is 1. The van der Waals surface area contributed by atoms with E-state index in [1.54, 1.807) is 0 Å². The van der Waals surface area contributed by atoms with Crippen LogP contribution in [0.5, 0.6) is 5.75 Å². The van der Waals surface area contributed by atoms with Crippen LogP contribution in [-0.2, 0) is 17.9 Å². The van der Waals surface area contributed by atoms with Gasteiger partial charge in [-0.25, -0.2) is 9.98 Å². The highest BCUT2D eigenvalue weighted by Crippen LogP contribution is 2.32. The fourth-order valence-corrected chi connectivity index (χ4v) is 3.78. The van der Waals surface area contributed by atoms with Crippen LogP contribution in [0.1, 0.15) is 44.6 Å². The molecule has 0 saturated carbocycles. The fourth-order valence-electron chi connectivity index (χ4n) is 3.78. The molecule has 4 rings (SSSR count). The van der Waals surface area contributed by atoms with Gasteiger partial charge < -0.3 is 14.2 Å². The van der Waals surface area contributed by atoms with Crippen molar-refractivity contribution in [3.8, 4) is 5.75 Å². The SMILES string of the molecule is CCC1C(=O)NC2=Nc3ccc(OCCCCCCn4ccnc4)cc3CN21. The van der Waals surface area contributed by atoms with E-state index in [9.17, 15) is 4.79 Å². The zero-order valence-electron chi connectivity index (χ0n) is 16.3. The number of aliphatic imine (C=N–C) groups is 1. The molecule has 148 valence electrons. The first-order chi connectivity index (χ1) is 13.7. The lowest BCUT2D eigenvalue weighted by atomic mass is 10.1. The van der Waals surface area contributed by atoms with Crippen molar-refractivity contribution in [2.75, 3.05) is 6.61 Å². The molecule has 1 unspecified atom stereocenters. The normalized spacial score (nSPS) is 17.8. The molecule has 1 aromatic carbocycles. The predicted molar refractivity (Wildman–Crippen MR) is 107 cm³/mol. The van der Waals surface area contributed by atoms with E-state index in [-0.39, 0.29) is 11.9 Å². The van der Waals surface area contributed by atoms with Crippen LogP contribution in [0.3, 0.4) is 0 Å². The van der Waals surface area contributed by atoms with E-state index >= 15 is 0 Å². The first-order valence-corrected chi connectivity index (χ1v) is 10.1. The number of fused-ring (bicyclic) bond motifs is 2. The molecule has 0 bridgehead atoms. The van der Waals surface area contributed by atoms with Crippen molar-refractivity contribution in [2.24, 2.45) is 4.99 Å². The van der Waals surface area contributed by atoms with Gasteiger partial charge in [0.15, 0.2) is 0 Å². The van der Waals surface area contributed by atoms with Crippen molar-refractivity contribution in [3.63, 3.8) is 0 Å². The Morgan fingerprint density at radius 1 is 1.25 bits per heavy atom. The van der Waals surface area contributed by atoms with E-state index in [2.05, 4.69) is 30.8 Å². The highest BCUT2D eigenvalue weighted by Gasteiger charge is 2.37. The molecule has 1 atom stereocenters. The van der Waals surface area contributed by atoms with Crippen molar-refractivity contribution in [1.82, 2.24) is 19.8 Å². The van der Waals surface area contributed by atoms with Crippen LogP contribution in [0.25, 0.3) is 0 Å². The minimum absolute atomic E-state index is 0.0403. The number of unbranched alkanes of at least 4 members (excludes halogenated alkanes) is 3.